The SMILES string of the molecule is Nc1ccc(C#Cc2ccc(-c3nnc(CF)o3)cc2)cn1. The molecule has 0 saturated heterocycles. The molecule has 0 saturated carbocycles. The number of halogens is 1. The summed E-state index contributed by atoms with van der Waals surface area (Å²) in [6, 6.07) is 10.7. The number of benzene rings is 1. The average molecular weight is 294 g/mol. The van der Waals surface area contributed by atoms with Crippen LogP contribution in [0.4, 0.5) is 10.2 Å². The maximum atomic E-state index is 12.4. The molecule has 0 amide bonds. The van der Waals surface area contributed by atoms with Gasteiger partial charge in [0.1, 0.15) is 5.82 Å². The van der Waals surface area contributed by atoms with Gasteiger partial charge in [0.25, 0.3) is 0 Å². The van der Waals surface area contributed by atoms with Crippen LogP contribution in [0.25, 0.3) is 11.5 Å². The smallest absolute Gasteiger partial charge is 0.247 e. The summed E-state index contributed by atoms with van der Waals surface area (Å²) in [4.78, 5) is 3.97. The van der Waals surface area contributed by atoms with Crippen molar-refractivity contribution in [3.8, 4) is 23.3 Å². The van der Waals surface area contributed by atoms with Crippen molar-refractivity contribution < 1.29 is 8.81 Å². The molecule has 5 nitrogen and oxygen atoms in total. The van der Waals surface area contributed by atoms with E-state index < -0.39 is 6.67 Å². The lowest BCUT2D eigenvalue weighted by molar-refractivity contribution is 0.385. The molecule has 0 atom stereocenters. The van der Waals surface area contributed by atoms with Gasteiger partial charge < -0.3 is 10.2 Å². The summed E-state index contributed by atoms with van der Waals surface area (Å²) in [5.41, 5.74) is 7.83. The monoisotopic (exact) mass is 294 g/mol. The van der Waals surface area contributed by atoms with E-state index in [4.69, 9.17) is 10.2 Å². The summed E-state index contributed by atoms with van der Waals surface area (Å²) in [5, 5.41) is 7.36. The van der Waals surface area contributed by atoms with Gasteiger partial charge in [-0.3, -0.25) is 0 Å². The second kappa shape index (κ2) is 6.06. The molecule has 0 radical (unpaired) electrons. The van der Waals surface area contributed by atoms with E-state index in [0.29, 0.717) is 11.4 Å². The van der Waals surface area contributed by atoms with Crippen molar-refractivity contribution in [2.45, 2.75) is 6.67 Å². The molecular formula is C16H11FN4O. The fourth-order valence-corrected chi connectivity index (χ4v) is 1.74. The molecule has 0 aliphatic rings. The molecule has 0 aliphatic heterocycles. The van der Waals surface area contributed by atoms with Gasteiger partial charge in [0, 0.05) is 22.9 Å². The van der Waals surface area contributed by atoms with Gasteiger partial charge in [-0.15, -0.1) is 10.2 Å². The summed E-state index contributed by atoms with van der Waals surface area (Å²) < 4.78 is 17.5. The molecule has 0 fully saturated rings. The van der Waals surface area contributed by atoms with Crippen LogP contribution in [0, 0.1) is 11.8 Å². The van der Waals surface area contributed by atoms with Gasteiger partial charge in [-0.1, -0.05) is 11.8 Å². The topological polar surface area (TPSA) is 77.8 Å². The Bertz CT molecular complexity index is 829. The van der Waals surface area contributed by atoms with E-state index in [9.17, 15) is 4.39 Å². The maximum Gasteiger partial charge on any atom is 0.247 e. The van der Waals surface area contributed by atoms with Crippen LogP contribution >= 0.6 is 0 Å². The zero-order valence-corrected chi connectivity index (χ0v) is 11.5. The highest BCUT2D eigenvalue weighted by Gasteiger charge is 2.07. The highest BCUT2D eigenvalue weighted by atomic mass is 19.1. The summed E-state index contributed by atoms with van der Waals surface area (Å²) in [6.07, 6.45) is 1.62. The Hall–Kier alpha value is -3.20. The first-order chi connectivity index (χ1) is 10.7. The maximum absolute atomic E-state index is 12.4. The van der Waals surface area contributed by atoms with Gasteiger partial charge in [0.15, 0.2) is 6.67 Å². The van der Waals surface area contributed by atoms with Crippen molar-refractivity contribution in [2.24, 2.45) is 0 Å². The number of hydrogen-bond donors (Lipinski definition) is 1. The van der Waals surface area contributed by atoms with E-state index in [1.165, 1.54) is 0 Å². The quantitative estimate of drug-likeness (QED) is 0.735. The molecule has 0 aliphatic carbocycles. The first-order valence-electron chi connectivity index (χ1n) is 6.47. The van der Waals surface area contributed by atoms with Crippen LogP contribution in [0.2, 0.25) is 0 Å². The Morgan fingerprint density at radius 1 is 1.00 bits per heavy atom. The van der Waals surface area contributed by atoms with Crippen molar-refractivity contribution in [2.75, 3.05) is 5.73 Å². The van der Waals surface area contributed by atoms with E-state index in [2.05, 4.69) is 27.0 Å². The standard InChI is InChI=1S/C16H11FN4O/c17-9-15-20-21-16(22-15)13-6-3-11(4-7-13)1-2-12-5-8-14(18)19-10-12/h3-8,10H,9H2,(H2,18,19). The predicted molar refractivity (Wildman–Crippen MR) is 79.2 cm³/mol. The lowest BCUT2D eigenvalue weighted by atomic mass is 10.1. The van der Waals surface area contributed by atoms with Crippen LogP contribution in [0.15, 0.2) is 47.0 Å². The van der Waals surface area contributed by atoms with Gasteiger partial charge in [-0.25, -0.2) is 9.37 Å². The minimum Gasteiger partial charge on any atom is -0.418 e. The Morgan fingerprint density at radius 3 is 2.36 bits per heavy atom. The second-order valence-corrected chi connectivity index (χ2v) is 4.43. The number of nitrogens with zero attached hydrogens (tertiary/aromatic N) is 3. The summed E-state index contributed by atoms with van der Waals surface area (Å²) in [6.45, 7) is -0.772. The second-order valence-electron chi connectivity index (χ2n) is 4.43. The highest BCUT2D eigenvalue weighted by Crippen LogP contribution is 2.18. The zero-order chi connectivity index (χ0) is 15.4. The molecule has 2 N–H and O–H groups in total. The predicted octanol–water partition coefficient (Wildman–Crippen LogP) is 2.58. The average Bonchev–Trinajstić information content (AvgIpc) is 3.04. The molecule has 3 aromatic rings. The van der Waals surface area contributed by atoms with Crippen molar-refractivity contribution in [3.63, 3.8) is 0 Å². The van der Waals surface area contributed by atoms with Crippen molar-refractivity contribution in [3.05, 3.63) is 59.6 Å². The Morgan fingerprint density at radius 2 is 1.73 bits per heavy atom. The van der Waals surface area contributed by atoms with E-state index in [1.807, 2.05) is 12.1 Å². The third-order valence-corrected chi connectivity index (χ3v) is 2.85. The van der Waals surface area contributed by atoms with Crippen molar-refractivity contribution in [1.29, 1.82) is 0 Å². The molecule has 22 heavy (non-hydrogen) atoms. The molecule has 108 valence electrons. The third kappa shape index (κ3) is 3.10. The van der Waals surface area contributed by atoms with E-state index in [1.54, 1.807) is 30.5 Å². The molecule has 0 spiro atoms. The fraction of sp³-hybridized carbons (Fsp3) is 0.0625. The molecule has 2 aromatic heterocycles. The summed E-state index contributed by atoms with van der Waals surface area (Å²) in [7, 11) is 0. The molecular weight excluding hydrogens is 283 g/mol. The Labute approximate surface area is 126 Å². The molecule has 2 heterocycles. The van der Waals surface area contributed by atoms with E-state index in [-0.39, 0.29) is 11.8 Å². The first-order valence-corrected chi connectivity index (χ1v) is 6.47. The summed E-state index contributed by atoms with van der Waals surface area (Å²) in [5.74, 6) is 6.72. The minimum absolute atomic E-state index is 0.0327. The zero-order valence-electron chi connectivity index (χ0n) is 11.5. The van der Waals surface area contributed by atoms with Crippen LogP contribution in [0.1, 0.15) is 17.0 Å². The van der Waals surface area contributed by atoms with Crippen LogP contribution in [0.5, 0.6) is 0 Å². The number of nitrogens with two attached hydrogens (primary N) is 1. The number of pyridine rings is 1. The molecule has 1 aromatic carbocycles. The lowest BCUT2D eigenvalue weighted by Gasteiger charge is -1.95. The Balaban J connectivity index is 1.78. The van der Waals surface area contributed by atoms with Gasteiger partial charge in [-0.05, 0) is 36.4 Å². The largest absolute Gasteiger partial charge is 0.418 e. The van der Waals surface area contributed by atoms with E-state index in [0.717, 1.165) is 11.1 Å². The van der Waals surface area contributed by atoms with Crippen molar-refractivity contribution in [1.82, 2.24) is 15.2 Å². The normalized spacial score (nSPS) is 10.0. The molecule has 0 bridgehead atoms. The third-order valence-electron chi connectivity index (χ3n) is 2.85. The van der Waals surface area contributed by atoms with Crippen LogP contribution in [-0.2, 0) is 6.67 Å². The van der Waals surface area contributed by atoms with Crippen LogP contribution < -0.4 is 5.73 Å². The van der Waals surface area contributed by atoms with Gasteiger partial charge >= 0.3 is 0 Å². The van der Waals surface area contributed by atoms with Crippen LogP contribution in [0.3, 0.4) is 0 Å². The van der Waals surface area contributed by atoms with Gasteiger partial charge in [0.05, 0.1) is 0 Å². The Kier molecular flexibility index (Phi) is 3.79. The van der Waals surface area contributed by atoms with E-state index >= 15 is 0 Å². The number of alkyl halides is 1. The van der Waals surface area contributed by atoms with Gasteiger partial charge in [0.2, 0.25) is 11.8 Å². The lowest BCUT2D eigenvalue weighted by Crippen LogP contribution is -1.88. The van der Waals surface area contributed by atoms with Crippen LogP contribution in [-0.4, -0.2) is 15.2 Å². The fourth-order valence-electron chi connectivity index (χ4n) is 1.74. The number of nitrogen functional groups attached to an aromatic ring is 1. The number of hydrogen-bond acceptors (Lipinski definition) is 5. The number of rotatable bonds is 2. The first kappa shape index (κ1) is 13.8. The molecule has 0 unspecified atom stereocenters. The number of aromatic nitrogens is 3. The molecule has 6 heteroatoms. The van der Waals surface area contributed by atoms with Gasteiger partial charge in [-0.2, -0.15) is 0 Å². The minimum atomic E-state index is -0.772. The molecule has 3 rings (SSSR count). The summed E-state index contributed by atoms with van der Waals surface area (Å²) >= 11 is 0. The highest BCUT2D eigenvalue weighted by molar-refractivity contribution is 5.55. The van der Waals surface area contributed by atoms with Crippen molar-refractivity contribution >= 4 is 5.82 Å². The number of anilines is 1.